The number of benzene rings is 1. The molecule has 2 rings (SSSR count). The molecule has 100 valence electrons. The second-order valence-electron chi connectivity index (χ2n) is 3.72. The van der Waals surface area contributed by atoms with Gasteiger partial charge in [0.2, 0.25) is 5.01 Å². The van der Waals surface area contributed by atoms with Gasteiger partial charge in [-0.15, -0.1) is 0 Å². The average Bonchev–Trinajstić information content (AvgIpc) is 2.66. The zero-order valence-corrected chi connectivity index (χ0v) is 15.3. The summed E-state index contributed by atoms with van der Waals surface area (Å²) >= 11 is 5.28. The maximum Gasteiger partial charge on any atom is 0.240 e. The molecular formula is C12H15Br3N2S. The van der Waals surface area contributed by atoms with Gasteiger partial charge in [0, 0.05) is 4.47 Å². The Kier molecular flexibility index (Phi) is 9.33. The molecule has 0 atom stereocenters. The molecule has 0 bridgehead atoms. The van der Waals surface area contributed by atoms with Crippen molar-refractivity contribution in [3.63, 3.8) is 0 Å². The van der Waals surface area contributed by atoms with E-state index >= 15 is 0 Å². The van der Waals surface area contributed by atoms with Crippen LogP contribution in [0.5, 0.6) is 0 Å². The number of quaternary nitrogens is 1. The number of aromatic nitrogens is 1. The third-order valence-electron chi connectivity index (χ3n) is 2.34. The number of H-pyrrole nitrogens is 1. The normalized spacial score (nSPS) is 9.44. The predicted octanol–water partition coefficient (Wildman–Crippen LogP) is -4.29. The highest BCUT2D eigenvalue weighted by molar-refractivity contribution is 9.10. The van der Waals surface area contributed by atoms with Gasteiger partial charge in [-0.25, -0.2) is 4.98 Å². The first-order valence-corrected chi connectivity index (χ1v) is 6.97. The lowest BCUT2D eigenvalue weighted by atomic mass is 10.2. The minimum atomic E-state index is 0. The minimum Gasteiger partial charge on any atom is -1.00 e. The molecule has 0 aliphatic rings. The molecule has 1 aromatic heterocycles. The highest BCUT2D eigenvalue weighted by Gasteiger charge is 2.10. The summed E-state index contributed by atoms with van der Waals surface area (Å²) in [5.41, 5.74) is 6.49. The highest BCUT2D eigenvalue weighted by atomic mass is 79.9. The lowest BCUT2D eigenvalue weighted by molar-refractivity contribution is -0.408. The fourth-order valence-corrected chi connectivity index (χ4v) is 2.96. The molecule has 4 N–H and O–H groups in total. The Labute approximate surface area is 141 Å². The van der Waals surface area contributed by atoms with E-state index in [9.17, 15) is 0 Å². The Hall–Kier alpha value is 0.250. The minimum absolute atomic E-state index is 0. The maximum atomic E-state index is 3.86. The van der Waals surface area contributed by atoms with Crippen LogP contribution in [0.15, 0.2) is 34.1 Å². The standard InChI is InChI=1S/C12H13BrN2S.2BrH/c13-10-3-1-2-9(6-10)7-12-15-11(4-5-14)8-16-12;;/h1-3,6,8H,4-5,7,14H2;2*1H. The predicted molar refractivity (Wildman–Crippen MR) is 69.3 cm³/mol. The Morgan fingerprint density at radius 3 is 2.72 bits per heavy atom. The van der Waals surface area contributed by atoms with Crippen molar-refractivity contribution in [1.82, 2.24) is 0 Å². The molecule has 6 heteroatoms. The molecule has 1 aromatic carbocycles. The Bertz CT molecular complexity index is 474. The summed E-state index contributed by atoms with van der Waals surface area (Å²) < 4.78 is 1.14. The lowest BCUT2D eigenvalue weighted by Crippen LogP contribution is -3.00. The van der Waals surface area contributed by atoms with E-state index in [0.29, 0.717) is 0 Å². The van der Waals surface area contributed by atoms with E-state index in [2.05, 4.69) is 56.3 Å². The summed E-state index contributed by atoms with van der Waals surface area (Å²) in [7, 11) is 0. The Morgan fingerprint density at radius 1 is 1.28 bits per heavy atom. The third kappa shape index (κ3) is 5.48. The van der Waals surface area contributed by atoms with Crippen LogP contribution in [-0.2, 0) is 12.8 Å². The van der Waals surface area contributed by atoms with Gasteiger partial charge in [-0.05, 0) is 17.7 Å². The number of hydrogen-bond acceptors (Lipinski definition) is 1. The van der Waals surface area contributed by atoms with Crippen molar-refractivity contribution < 1.29 is 44.7 Å². The molecule has 0 saturated carbocycles. The SMILES string of the molecule is [Br-].[Br-].[NH3+]CCc1csc(Cc2cccc(Br)c2)[nH+]1. The Balaban J connectivity index is 0.00000144. The van der Waals surface area contributed by atoms with Crippen LogP contribution in [0, 0.1) is 0 Å². The molecule has 18 heavy (non-hydrogen) atoms. The van der Waals surface area contributed by atoms with E-state index in [-0.39, 0.29) is 34.0 Å². The first-order chi connectivity index (χ1) is 7.78. The van der Waals surface area contributed by atoms with Gasteiger partial charge in [0.05, 0.1) is 24.8 Å². The van der Waals surface area contributed by atoms with Crippen LogP contribution in [0.3, 0.4) is 0 Å². The molecule has 0 unspecified atom stereocenters. The molecule has 0 radical (unpaired) electrons. The number of thiazole rings is 1. The third-order valence-corrected chi connectivity index (χ3v) is 3.77. The highest BCUT2D eigenvalue weighted by Crippen LogP contribution is 2.16. The van der Waals surface area contributed by atoms with Gasteiger partial charge in [0.15, 0.2) is 5.69 Å². The molecular weight excluding hydrogens is 444 g/mol. The van der Waals surface area contributed by atoms with E-state index in [1.165, 1.54) is 16.3 Å². The molecule has 0 amide bonds. The van der Waals surface area contributed by atoms with Gasteiger partial charge in [0.25, 0.3) is 0 Å². The van der Waals surface area contributed by atoms with Crippen LogP contribution in [0.1, 0.15) is 16.3 Å². The summed E-state index contributed by atoms with van der Waals surface area (Å²) in [5.74, 6) is 0. The van der Waals surface area contributed by atoms with Crippen LogP contribution < -0.4 is 44.7 Å². The van der Waals surface area contributed by atoms with Crippen LogP contribution in [-0.4, -0.2) is 6.54 Å². The molecule has 0 fully saturated rings. The summed E-state index contributed by atoms with van der Waals surface area (Å²) in [6.07, 6.45) is 2.01. The van der Waals surface area contributed by atoms with E-state index < -0.39 is 0 Å². The molecule has 0 aliphatic carbocycles. The van der Waals surface area contributed by atoms with Gasteiger partial charge in [-0.1, -0.05) is 39.4 Å². The number of aromatic amines is 1. The number of nitrogens with one attached hydrogen (secondary N) is 1. The summed E-state index contributed by atoms with van der Waals surface area (Å²) in [6.45, 7) is 0.948. The van der Waals surface area contributed by atoms with Gasteiger partial charge in [-0.3, -0.25) is 0 Å². The number of hydrogen-bond donors (Lipinski definition) is 1. The van der Waals surface area contributed by atoms with Crippen molar-refractivity contribution in [1.29, 1.82) is 0 Å². The van der Waals surface area contributed by atoms with Crippen LogP contribution in [0.4, 0.5) is 0 Å². The first-order valence-electron chi connectivity index (χ1n) is 5.30. The van der Waals surface area contributed by atoms with E-state index in [0.717, 1.165) is 23.9 Å². The fraction of sp³-hybridized carbons (Fsp3) is 0.250. The second-order valence-corrected chi connectivity index (χ2v) is 5.60. The van der Waals surface area contributed by atoms with Gasteiger partial charge >= 0.3 is 0 Å². The summed E-state index contributed by atoms with van der Waals surface area (Å²) in [6, 6.07) is 8.44. The largest absolute Gasteiger partial charge is 1.00 e. The Morgan fingerprint density at radius 2 is 2.06 bits per heavy atom. The van der Waals surface area contributed by atoms with E-state index in [4.69, 9.17) is 0 Å². The van der Waals surface area contributed by atoms with E-state index in [1.54, 1.807) is 11.3 Å². The summed E-state index contributed by atoms with van der Waals surface area (Å²) in [5, 5.41) is 3.50. The van der Waals surface area contributed by atoms with Gasteiger partial charge < -0.3 is 39.7 Å². The molecule has 0 saturated heterocycles. The molecule has 0 spiro atoms. The van der Waals surface area contributed by atoms with E-state index in [1.807, 2.05) is 0 Å². The molecule has 2 nitrogen and oxygen atoms in total. The molecule has 1 heterocycles. The fourth-order valence-electron chi connectivity index (χ4n) is 1.61. The van der Waals surface area contributed by atoms with Crippen molar-refractivity contribution in [3.05, 3.63) is 50.4 Å². The zero-order chi connectivity index (χ0) is 11.4. The quantitative estimate of drug-likeness (QED) is 0.482. The lowest BCUT2D eigenvalue weighted by Gasteiger charge is -1.95. The van der Waals surface area contributed by atoms with Crippen molar-refractivity contribution in [2.45, 2.75) is 12.8 Å². The van der Waals surface area contributed by atoms with Crippen molar-refractivity contribution in [2.75, 3.05) is 6.54 Å². The monoisotopic (exact) mass is 456 g/mol. The average molecular weight is 459 g/mol. The van der Waals surface area contributed by atoms with Crippen LogP contribution in [0.25, 0.3) is 0 Å². The first kappa shape index (κ1) is 18.2. The number of rotatable bonds is 4. The molecule has 2 aromatic rings. The second kappa shape index (κ2) is 9.20. The van der Waals surface area contributed by atoms with Crippen molar-refractivity contribution in [3.8, 4) is 0 Å². The van der Waals surface area contributed by atoms with Crippen molar-refractivity contribution >= 4 is 27.3 Å². The van der Waals surface area contributed by atoms with Gasteiger partial charge in [0.1, 0.15) is 0 Å². The summed E-state index contributed by atoms with van der Waals surface area (Å²) in [4.78, 5) is 3.45. The van der Waals surface area contributed by atoms with Gasteiger partial charge in [-0.2, -0.15) is 0 Å². The van der Waals surface area contributed by atoms with Crippen LogP contribution >= 0.6 is 27.3 Å². The maximum absolute atomic E-state index is 3.86. The van der Waals surface area contributed by atoms with Crippen LogP contribution in [0.2, 0.25) is 0 Å². The zero-order valence-electron chi connectivity index (χ0n) is 9.76. The smallest absolute Gasteiger partial charge is 0.240 e. The van der Waals surface area contributed by atoms with Crippen molar-refractivity contribution in [2.24, 2.45) is 0 Å². The topological polar surface area (TPSA) is 41.8 Å². The molecule has 0 aliphatic heterocycles. The number of halogens is 3.